The summed E-state index contributed by atoms with van der Waals surface area (Å²) in [6.07, 6.45) is 0. The van der Waals surface area contributed by atoms with Gasteiger partial charge in [0.15, 0.2) is 0 Å². The van der Waals surface area contributed by atoms with Crippen molar-refractivity contribution in [2.24, 2.45) is 5.73 Å². The fourth-order valence-corrected chi connectivity index (χ4v) is 4.27. The first-order valence-corrected chi connectivity index (χ1v) is 8.82. The predicted octanol–water partition coefficient (Wildman–Crippen LogP) is 2.98. The molecule has 5 nitrogen and oxygen atoms in total. The van der Waals surface area contributed by atoms with E-state index in [0.29, 0.717) is 18.2 Å². The van der Waals surface area contributed by atoms with Gasteiger partial charge in [0.1, 0.15) is 5.94 Å². The standard InChI is InChI=1S/C18H19N3O2S/c1-14-17(16-10-6-3-7-11-16)24(21(20-14)18(19)22)13-23-12-15-8-4-2-5-9-15/h2-11,20H,1,12-13H2,(H2,19,22). The number of hydrazine groups is 1. The van der Waals surface area contributed by atoms with E-state index in [-0.39, 0.29) is 0 Å². The maximum atomic E-state index is 11.8. The first kappa shape index (κ1) is 16.3. The van der Waals surface area contributed by atoms with Crippen LogP contribution in [-0.2, 0) is 11.3 Å². The molecule has 1 heterocycles. The summed E-state index contributed by atoms with van der Waals surface area (Å²) in [7, 11) is -0.645. The number of nitrogens with one attached hydrogen (secondary N) is 1. The van der Waals surface area contributed by atoms with Gasteiger partial charge in [-0.2, -0.15) is 4.41 Å². The number of hydrogen-bond donors (Lipinski definition) is 2. The summed E-state index contributed by atoms with van der Waals surface area (Å²) in [6.45, 7) is 4.49. The number of allylic oxidation sites excluding steroid dienone is 1. The SMILES string of the molecule is C=C1NN(C(N)=O)S(COCc2ccccc2)=C1c1ccccc1. The first-order valence-electron chi connectivity index (χ1n) is 7.47. The van der Waals surface area contributed by atoms with Crippen molar-refractivity contribution in [1.82, 2.24) is 9.84 Å². The Hall–Kier alpha value is -2.57. The predicted molar refractivity (Wildman–Crippen MR) is 97.9 cm³/mol. The van der Waals surface area contributed by atoms with Gasteiger partial charge in [0.05, 0.1) is 17.2 Å². The number of carbonyl (C=O) groups excluding carboxylic acids is 1. The van der Waals surface area contributed by atoms with Crippen molar-refractivity contribution >= 4 is 21.6 Å². The molecule has 0 spiro atoms. The molecule has 3 N–H and O–H groups in total. The highest BCUT2D eigenvalue weighted by atomic mass is 32.2. The monoisotopic (exact) mass is 341 g/mol. The molecule has 2 aromatic rings. The molecular weight excluding hydrogens is 322 g/mol. The highest BCUT2D eigenvalue weighted by Crippen LogP contribution is 2.32. The summed E-state index contributed by atoms with van der Waals surface area (Å²) in [6, 6.07) is 19.2. The first-order chi connectivity index (χ1) is 11.7. The Kier molecular flexibility index (Phi) is 4.98. The van der Waals surface area contributed by atoms with Gasteiger partial charge in [0.25, 0.3) is 0 Å². The van der Waals surface area contributed by atoms with Crippen molar-refractivity contribution in [3.8, 4) is 0 Å². The molecule has 0 saturated carbocycles. The van der Waals surface area contributed by atoms with Crippen molar-refractivity contribution in [2.75, 3.05) is 5.94 Å². The van der Waals surface area contributed by atoms with Crippen LogP contribution in [0, 0.1) is 0 Å². The third-order valence-electron chi connectivity index (χ3n) is 3.51. The minimum atomic E-state index is -0.645. The molecule has 1 aliphatic rings. The van der Waals surface area contributed by atoms with Crippen LogP contribution in [0.15, 0.2) is 72.9 Å². The van der Waals surface area contributed by atoms with Gasteiger partial charge < -0.3 is 10.5 Å². The smallest absolute Gasteiger partial charge is 0.343 e. The molecule has 2 amide bonds. The third kappa shape index (κ3) is 3.50. The van der Waals surface area contributed by atoms with E-state index >= 15 is 0 Å². The van der Waals surface area contributed by atoms with Crippen LogP contribution in [0.2, 0.25) is 0 Å². The second-order valence-electron chi connectivity index (χ2n) is 5.23. The minimum Gasteiger partial charge on any atom is -0.365 e. The van der Waals surface area contributed by atoms with Crippen LogP contribution in [0.4, 0.5) is 4.79 Å². The highest BCUT2D eigenvalue weighted by Gasteiger charge is 2.28. The third-order valence-corrected chi connectivity index (χ3v) is 5.56. The van der Waals surface area contributed by atoms with E-state index in [1.54, 1.807) is 0 Å². The van der Waals surface area contributed by atoms with Gasteiger partial charge in [0, 0.05) is 0 Å². The molecule has 24 heavy (non-hydrogen) atoms. The molecular formula is C18H19N3O2S. The number of nitrogens with zero attached hydrogens (tertiary/aromatic N) is 1. The number of benzene rings is 2. The van der Waals surface area contributed by atoms with E-state index in [1.807, 2.05) is 60.7 Å². The topological polar surface area (TPSA) is 67.6 Å². The molecule has 0 saturated heterocycles. The second kappa shape index (κ2) is 7.33. The maximum absolute atomic E-state index is 11.8. The Balaban J connectivity index is 1.84. The summed E-state index contributed by atoms with van der Waals surface area (Å²) in [4.78, 5) is 12.7. The molecule has 6 heteroatoms. The summed E-state index contributed by atoms with van der Waals surface area (Å²) < 4.78 is 7.24. The summed E-state index contributed by atoms with van der Waals surface area (Å²) in [5.41, 5.74) is 11.2. The number of amides is 2. The lowest BCUT2D eigenvalue weighted by molar-refractivity contribution is 0.165. The van der Waals surface area contributed by atoms with Crippen LogP contribution in [0.1, 0.15) is 11.1 Å². The van der Waals surface area contributed by atoms with Crippen molar-refractivity contribution in [2.45, 2.75) is 6.61 Å². The normalized spacial score (nSPS) is 17.0. The molecule has 3 rings (SSSR count). The Morgan fingerprint density at radius 3 is 2.38 bits per heavy atom. The molecule has 124 valence electrons. The Morgan fingerprint density at radius 1 is 1.12 bits per heavy atom. The van der Waals surface area contributed by atoms with E-state index < -0.39 is 16.7 Å². The molecule has 0 aromatic heterocycles. The van der Waals surface area contributed by atoms with E-state index in [1.165, 1.54) is 4.41 Å². The molecule has 1 unspecified atom stereocenters. The number of rotatable bonds is 5. The number of hydrogen-bond acceptors (Lipinski definition) is 3. The van der Waals surface area contributed by atoms with E-state index in [2.05, 4.69) is 12.0 Å². The lowest BCUT2D eigenvalue weighted by atomic mass is 10.1. The van der Waals surface area contributed by atoms with Crippen LogP contribution in [0.25, 0.3) is 0 Å². The van der Waals surface area contributed by atoms with Gasteiger partial charge in [-0.3, -0.25) is 5.43 Å². The molecule has 1 aliphatic heterocycles. The number of urea groups is 1. The maximum Gasteiger partial charge on any atom is 0.343 e. The summed E-state index contributed by atoms with van der Waals surface area (Å²) in [5.74, 6) is 0.355. The molecule has 1 atom stereocenters. The highest BCUT2D eigenvalue weighted by molar-refractivity contribution is 8.15. The lowest BCUT2D eigenvalue weighted by Crippen LogP contribution is -2.38. The van der Waals surface area contributed by atoms with Gasteiger partial charge in [-0.15, -0.1) is 0 Å². The van der Waals surface area contributed by atoms with Crippen molar-refractivity contribution in [3.05, 3.63) is 84.1 Å². The molecule has 0 bridgehead atoms. The van der Waals surface area contributed by atoms with Gasteiger partial charge in [-0.05, 0) is 21.8 Å². The largest absolute Gasteiger partial charge is 0.365 e. The number of ether oxygens (including phenoxy) is 1. The molecule has 0 aliphatic carbocycles. The second-order valence-corrected chi connectivity index (χ2v) is 6.97. The van der Waals surface area contributed by atoms with Gasteiger partial charge in [-0.25, -0.2) is 4.79 Å². The van der Waals surface area contributed by atoms with Crippen LogP contribution in [0.5, 0.6) is 0 Å². The number of carbonyl (C=O) groups is 1. The Labute approximate surface area is 143 Å². The summed E-state index contributed by atoms with van der Waals surface area (Å²) >= 11 is 0. The van der Waals surface area contributed by atoms with Crippen LogP contribution < -0.4 is 11.2 Å². The van der Waals surface area contributed by atoms with Crippen LogP contribution in [-0.4, -0.2) is 21.2 Å². The van der Waals surface area contributed by atoms with E-state index in [9.17, 15) is 4.79 Å². The summed E-state index contributed by atoms with van der Waals surface area (Å²) in [5, 5.41) is 0. The van der Waals surface area contributed by atoms with Gasteiger partial charge in [0.2, 0.25) is 0 Å². The Bertz CT molecular complexity index is 775. The van der Waals surface area contributed by atoms with Crippen molar-refractivity contribution < 1.29 is 9.53 Å². The average molecular weight is 341 g/mol. The van der Waals surface area contributed by atoms with Gasteiger partial charge in [-0.1, -0.05) is 67.2 Å². The molecule has 2 aromatic carbocycles. The zero-order valence-corrected chi connectivity index (χ0v) is 14.0. The zero-order chi connectivity index (χ0) is 16.9. The van der Waals surface area contributed by atoms with Crippen molar-refractivity contribution in [1.29, 1.82) is 0 Å². The Morgan fingerprint density at radius 2 is 1.75 bits per heavy atom. The van der Waals surface area contributed by atoms with Gasteiger partial charge >= 0.3 is 6.03 Å². The lowest BCUT2D eigenvalue weighted by Gasteiger charge is -2.19. The van der Waals surface area contributed by atoms with E-state index in [0.717, 1.165) is 16.0 Å². The quantitative estimate of drug-likeness (QED) is 0.649. The van der Waals surface area contributed by atoms with Crippen LogP contribution in [0.3, 0.4) is 0 Å². The van der Waals surface area contributed by atoms with Crippen molar-refractivity contribution in [3.63, 3.8) is 0 Å². The average Bonchev–Trinajstić information content (AvgIpc) is 2.93. The molecule has 0 radical (unpaired) electrons. The molecule has 0 fully saturated rings. The fourth-order valence-electron chi connectivity index (χ4n) is 2.45. The van der Waals surface area contributed by atoms with E-state index in [4.69, 9.17) is 10.5 Å². The minimum absolute atomic E-state index is 0.355. The fraction of sp³-hybridized carbons (Fsp3) is 0.111. The van der Waals surface area contributed by atoms with Crippen LogP contribution >= 0.6 is 10.7 Å². The number of nitrogens with two attached hydrogens (primary N) is 1. The number of primary amides is 1. The zero-order valence-electron chi connectivity index (χ0n) is 13.1.